The summed E-state index contributed by atoms with van der Waals surface area (Å²) in [7, 11) is 1.87. The van der Waals surface area contributed by atoms with Crippen molar-refractivity contribution in [3.63, 3.8) is 0 Å². The number of carbonyl (C=O) groups excluding carboxylic acids is 1. The SMILES string of the molecule is CNCCC(=O)N1CCc2cccc(C)c21. The van der Waals surface area contributed by atoms with E-state index in [1.807, 2.05) is 11.9 Å². The molecule has 16 heavy (non-hydrogen) atoms. The zero-order valence-corrected chi connectivity index (χ0v) is 9.92. The number of carbonyl (C=O) groups is 1. The lowest BCUT2D eigenvalue weighted by molar-refractivity contribution is -0.118. The largest absolute Gasteiger partial charge is 0.319 e. The van der Waals surface area contributed by atoms with Crippen molar-refractivity contribution >= 4 is 11.6 Å². The van der Waals surface area contributed by atoms with Crippen LogP contribution in [0.1, 0.15) is 17.5 Å². The van der Waals surface area contributed by atoms with Crippen LogP contribution in [0, 0.1) is 6.92 Å². The maximum atomic E-state index is 12.0. The summed E-state index contributed by atoms with van der Waals surface area (Å²) in [5.41, 5.74) is 3.65. The number of fused-ring (bicyclic) bond motifs is 1. The van der Waals surface area contributed by atoms with E-state index in [0.29, 0.717) is 6.42 Å². The first-order valence-electron chi connectivity index (χ1n) is 5.77. The van der Waals surface area contributed by atoms with Crippen molar-refractivity contribution in [2.75, 3.05) is 25.0 Å². The number of rotatable bonds is 3. The van der Waals surface area contributed by atoms with Crippen LogP contribution in [0.15, 0.2) is 18.2 Å². The van der Waals surface area contributed by atoms with Crippen molar-refractivity contribution in [2.45, 2.75) is 19.8 Å². The fourth-order valence-corrected chi connectivity index (χ4v) is 2.27. The summed E-state index contributed by atoms with van der Waals surface area (Å²) in [6, 6.07) is 6.26. The molecule has 0 spiro atoms. The molecule has 0 aromatic heterocycles. The summed E-state index contributed by atoms with van der Waals surface area (Å²) in [6.07, 6.45) is 1.56. The molecule has 1 amide bonds. The minimum Gasteiger partial charge on any atom is -0.319 e. The van der Waals surface area contributed by atoms with Crippen LogP contribution in [0.2, 0.25) is 0 Å². The first-order chi connectivity index (χ1) is 7.74. The Balaban J connectivity index is 2.19. The van der Waals surface area contributed by atoms with Gasteiger partial charge in [-0.3, -0.25) is 4.79 Å². The Hall–Kier alpha value is -1.35. The molecule has 0 fully saturated rings. The molecule has 3 nitrogen and oxygen atoms in total. The van der Waals surface area contributed by atoms with E-state index in [4.69, 9.17) is 0 Å². The van der Waals surface area contributed by atoms with Gasteiger partial charge in [0, 0.05) is 25.2 Å². The molecule has 0 atom stereocenters. The predicted molar refractivity (Wildman–Crippen MR) is 65.8 cm³/mol. The second kappa shape index (κ2) is 4.66. The third kappa shape index (κ3) is 1.95. The molecule has 1 N–H and O–H groups in total. The Morgan fingerprint density at radius 3 is 3.06 bits per heavy atom. The highest BCUT2D eigenvalue weighted by Crippen LogP contribution is 2.31. The molecule has 0 unspecified atom stereocenters. The Morgan fingerprint density at radius 1 is 1.50 bits per heavy atom. The lowest BCUT2D eigenvalue weighted by Crippen LogP contribution is -2.31. The van der Waals surface area contributed by atoms with Crippen LogP contribution in [0.25, 0.3) is 0 Å². The quantitative estimate of drug-likeness (QED) is 0.833. The second-order valence-corrected chi connectivity index (χ2v) is 4.23. The molecule has 0 saturated carbocycles. The molecule has 3 heteroatoms. The number of para-hydroxylation sites is 1. The molecule has 1 aliphatic rings. The molecule has 0 aliphatic carbocycles. The third-order valence-electron chi connectivity index (χ3n) is 3.09. The van der Waals surface area contributed by atoms with Gasteiger partial charge >= 0.3 is 0 Å². The lowest BCUT2D eigenvalue weighted by Gasteiger charge is -2.19. The van der Waals surface area contributed by atoms with Crippen molar-refractivity contribution in [1.29, 1.82) is 0 Å². The van der Waals surface area contributed by atoms with Crippen molar-refractivity contribution in [1.82, 2.24) is 5.32 Å². The number of aryl methyl sites for hydroxylation is 1. The van der Waals surface area contributed by atoms with Crippen LogP contribution in [0.3, 0.4) is 0 Å². The normalized spacial score (nSPS) is 14.0. The number of hydrogen-bond donors (Lipinski definition) is 1. The van der Waals surface area contributed by atoms with Crippen molar-refractivity contribution in [2.24, 2.45) is 0 Å². The van der Waals surface area contributed by atoms with Crippen molar-refractivity contribution < 1.29 is 4.79 Å². The van der Waals surface area contributed by atoms with Crippen molar-refractivity contribution in [3.8, 4) is 0 Å². The molecular formula is C13H18N2O. The highest BCUT2D eigenvalue weighted by molar-refractivity contribution is 5.96. The second-order valence-electron chi connectivity index (χ2n) is 4.23. The fourth-order valence-electron chi connectivity index (χ4n) is 2.27. The number of hydrogen-bond acceptors (Lipinski definition) is 2. The van der Waals surface area contributed by atoms with E-state index in [0.717, 1.165) is 25.2 Å². The van der Waals surface area contributed by atoms with E-state index in [1.54, 1.807) is 0 Å². The van der Waals surface area contributed by atoms with Gasteiger partial charge in [0.05, 0.1) is 0 Å². The number of nitrogens with zero attached hydrogens (tertiary/aromatic N) is 1. The van der Waals surface area contributed by atoms with Crippen molar-refractivity contribution in [3.05, 3.63) is 29.3 Å². The predicted octanol–water partition coefficient (Wildman–Crippen LogP) is 1.49. The average Bonchev–Trinajstić information content (AvgIpc) is 2.71. The molecule has 0 saturated heterocycles. The molecule has 1 aromatic rings. The van der Waals surface area contributed by atoms with Gasteiger partial charge in [0.15, 0.2) is 0 Å². The zero-order chi connectivity index (χ0) is 11.5. The maximum Gasteiger partial charge on any atom is 0.228 e. The molecule has 2 rings (SSSR count). The van der Waals surface area contributed by atoms with Gasteiger partial charge in [-0.05, 0) is 31.5 Å². The van der Waals surface area contributed by atoms with Gasteiger partial charge in [0.1, 0.15) is 0 Å². The van der Waals surface area contributed by atoms with Gasteiger partial charge in [-0.25, -0.2) is 0 Å². The van der Waals surface area contributed by atoms with Crippen LogP contribution in [0.4, 0.5) is 5.69 Å². The number of anilines is 1. The van der Waals surface area contributed by atoms with E-state index < -0.39 is 0 Å². The monoisotopic (exact) mass is 218 g/mol. The van der Waals surface area contributed by atoms with Gasteiger partial charge in [-0.2, -0.15) is 0 Å². The van der Waals surface area contributed by atoms with Gasteiger partial charge < -0.3 is 10.2 Å². The Morgan fingerprint density at radius 2 is 2.31 bits per heavy atom. The summed E-state index contributed by atoms with van der Waals surface area (Å²) in [5, 5.41) is 3.01. The number of benzene rings is 1. The van der Waals surface area contributed by atoms with Crippen LogP contribution in [-0.2, 0) is 11.2 Å². The molecule has 1 aliphatic heterocycles. The minimum atomic E-state index is 0.224. The average molecular weight is 218 g/mol. The van der Waals surface area contributed by atoms with E-state index in [-0.39, 0.29) is 5.91 Å². The molecule has 86 valence electrons. The summed E-state index contributed by atoms with van der Waals surface area (Å²) in [6.45, 7) is 3.65. The first-order valence-corrected chi connectivity index (χ1v) is 5.77. The summed E-state index contributed by atoms with van der Waals surface area (Å²) in [4.78, 5) is 13.9. The standard InChI is InChI=1S/C13H18N2O/c1-10-4-3-5-11-7-9-15(13(10)11)12(16)6-8-14-2/h3-5,14H,6-9H2,1-2H3. The van der Waals surface area contributed by atoms with E-state index in [1.165, 1.54) is 11.1 Å². The van der Waals surface area contributed by atoms with Gasteiger partial charge in [0.2, 0.25) is 5.91 Å². The summed E-state index contributed by atoms with van der Waals surface area (Å²) >= 11 is 0. The van der Waals surface area contributed by atoms with Gasteiger partial charge in [0.25, 0.3) is 0 Å². The van der Waals surface area contributed by atoms with Crippen LogP contribution >= 0.6 is 0 Å². The summed E-state index contributed by atoms with van der Waals surface area (Å²) in [5.74, 6) is 0.224. The van der Waals surface area contributed by atoms with Crippen LogP contribution in [0.5, 0.6) is 0 Å². The lowest BCUT2D eigenvalue weighted by atomic mass is 10.1. The highest BCUT2D eigenvalue weighted by Gasteiger charge is 2.25. The van der Waals surface area contributed by atoms with E-state index in [2.05, 4.69) is 30.4 Å². The molecule has 0 radical (unpaired) electrons. The Labute approximate surface area is 96.5 Å². The smallest absolute Gasteiger partial charge is 0.228 e. The first kappa shape index (κ1) is 11.1. The fraction of sp³-hybridized carbons (Fsp3) is 0.462. The van der Waals surface area contributed by atoms with Crippen LogP contribution < -0.4 is 10.2 Å². The molecular weight excluding hydrogens is 200 g/mol. The zero-order valence-electron chi connectivity index (χ0n) is 9.92. The summed E-state index contributed by atoms with van der Waals surface area (Å²) < 4.78 is 0. The number of amides is 1. The molecule has 1 aromatic carbocycles. The van der Waals surface area contributed by atoms with Gasteiger partial charge in [-0.1, -0.05) is 18.2 Å². The maximum absolute atomic E-state index is 12.0. The topological polar surface area (TPSA) is 32.3 Å². The third-order valence-corrected chi connectivity index (χ3v) is 3.09. The Bertz CT molecular complexity index is 401. The van der Waals surface area contributed by atoms with E-state index in [9.17, 15) is 4.79 Å². The number of nitrogens with one attached hydrogen (secondary N) is 1. The Kier molecular flexibility index (Phi) is 3.25. The van der Waals surface area contributed by atoms with E-state index >= 15 is 0 Å². The molecule has 0 bridgehead atoms. The molecule has 1 heterocycles. The minimum absolute atomic E-state index is 0.224. The van der Waals surface area contributed by atoms with Gasteiger partial charge in [-0.15, -0.1) is 0 Å². The van der Waals surface area contributed by atoms with Crippen LogP contribution in [-0.4, -0.2) is 26.0 Å². The highest BCUT2D eigenvalue weighted by atomic mass is 16.2.